The van der Waals surface area contributed by atoms with Gasteiger partial charge < -0.3 is 24.7 Å². The van der Waals surface area contributed by atoms with E-state index in [9.17, 15) is 14.4 Å². The highest BCUT2D eigenvalue weighted by Gasteiger charge is 2.21. The van der Waals surface area contributed by atoms with E-state index >= 15 is 0 Å². The molecule has 1 amide bonds. The monoisotopic (exact) mass is 521 g/mol. The van der Waals surface area contributed by atoms with Crippen molar-refractivity contribution >= 4 is 34.6 Å². The number of amidine groups is 1. The summed E-state index contributed by atoms with van der Waals surface area (Å²) in [4.78, 5) is 41.3. The van der Waals surface area contributed by atoms with Crippen molar-refractivity contribution in [2.75, 3.05) is 40.3 Å². The van der Waals surface area contributed by atoms with E-state index in [0.29, 0.717) is 35.9 Å². The number of benzene rings is 2. The van der Waals surface area contributed by atoms with Gasteiger partial charge in [0.1, 0.15) is 18.1 Å². The minimum atomic E-state index is -0.669. The predicted molar refractivity (Wildman–Crippen MR) is 146 cm³/mol. The molecular weight excluding hydrogens is 486 g/mol. The number of carbonyl (C=O) groups excluding carboxylic acids is 3. The molecule has 1 heterocycles. The Labute approximate surface area is 222 Å². The van der Waals surface area contributed by atoms with E-state index < -0.39 is 12.1 Å². The minimum Gasteiger partial charge on any atom is -0.465 e. The Bertz CT molecular complexity index is 1310. The first-order chi connectivity index (χ1) is 18.1. The van der Waals surface area contributed by atoms with Crippen LogP contribution in [0.25, 0.3) is 10.9 Å². The number of rotatable bonds is 12. The lowest BCUT2D eigenvalue weighted by atomic mass is 10.0. The molecule has 10 heteroatoms. The number of aryl methyl sites for hydroxylation is 2. The number of carbonyl (C=O) groups is 3. The topological polar surface area (TPSA) is 131 Å². The molecule has 0 saturated carbocycles. The van der Waals surface area contributed by atoms with Crippen molar-refractivity contribution in [1.82, 2.24) is 14.4 Å². The van der Waals surface area contributed by atoms with Crippen LogP contribution in [0.5, 0.6) is 5.75 Å². The zero-order valence-electron chi connectivity index (χ0n) is 22.3. The molecule has 3 aromatic rings. The number of hydrogen-bond donors (Lipinski definition) is 2. The molecule has 3 N–H and O–H groups in total. The average Bonchev–Trinajstić information content (AvgIpc) is 3.21. The van der Waals surface area contributed by atoms with Crippen LogP contribution in [0.4, 0.5) is 4.79 Å². The fourth-order valence-electron chi connectivity index (χ4n) is 3.98. The Balaban J connectivity index is 1.76. The Morgan fingerprint density at radius 3 is 2.39 bits per heavy atom. The van der Waals surface area contributed by atoms with Crippen molar-refractivity contribution in [1.29, 1.82) is 5.41 Å². The van der Waals surface area contributed by atoms with Crippen LogP contribution in [0, 0.1) is 5.41 Å². The molecule has 0 unspecified atom stereocenters. The summed E-state index contributed by atoms with van der Waals surface area (Å²) < 4.78 is 12.5. The Hall–Kier alpha value is -4.18. The van der Waals surface area contributed by atoms with E-state index in [1.54, 1.807) is 43.5 Å². The highest BCUT2D eigenvalue weighted by atomic mass is 16.6. The van der Waals surface area contributed by atoms with Crippen molar-refractivity contribution in [2.45, 2.75) is 19.8 Å². The highest BCUT2D eigenvalue weighted by Crippen LogP contribution is 2.27. The number of nitrogens with zero attached hydrogens (tertiary/aromatic N) is 3. The van der Waals surface area contributed by atoms with Crippen LogP contribution in [0.1, 0.15) is 34.8 Å². The van der Waals surface area contributed by atoms with Crippen LogP contribution in [0.2, 0.25) is 0 Å². The molecule has 0 atom stereocenters. The van der Waals surface area contributed by atoms with Gasteiger partial charge in [0.15, 0.2) is 5.78 Å². The Kier molecular flexibility index (Phi) is 9.61. The number of ketones is 1. The van der Waals surface area contributed by atoms with Crippen LogP contribution in [-0.4, -0.2) is 78.4 Å². The largest absolute Gasteiger partial charge is 0.465 e. The fraction of sp³-hybridized carbons (Fsp3) is 0.357. The second kappa shape index (κ2) is 12.9. The molecule has 0 aliphatic heterocycles. The normalized spacial score (nSPS) is 11.0. The van der Waals surface area contributed by atoms with Crippen molar-refractivity contribution in [3.8, 4) is 5.75 Å². The van der Waals surface area contributed by atoms with E-state index in [0.717, 1.165) is 11.1 Å². The second-order valence-corrected chi connectivity index (χ2v) is 9.26. The van der Waals surface area contributed by atoms with Crippen molar-refractivity contribution in [3.05, 3.63) is 65.4 Å². The molecule has 1 aromatic heterocycles. The second-order valence-electron chi connectivity index (χ2n) is 9.26. The number of likely N-dealkylation sites (N-methyl/N-ethyl adjacent to an activating group) is 1. The first-order valence-corrected chi connectivity index (χ1v) is 12.4. The number of esters is 1. The first-order valence-electron chi connectivity index (χ1n) is 12.4. The van der Waals surface area contributed by atoms with E-state index in [4.69, 9.17) is 20.6 Å². The number of hydrogen-bond acceptors (Lipinski definition) is 7. The molecule has 0 bridgehead atoms. The van der Waals surface area contributed by atoms with Gasteiger partial charge in [-0.3, -0.25) is 19.9 Å². The molecule has 0 spiro atoms. The number of Topliss-reactive ketones (excluding diaryl/α,β-unsaturated/α-hetero) is 1. The van der Waals surface area contributed by atoms with Crippen molar-refractivity contribution in [3.63, 3.8) is 0 Å². The van der Waals surface area contributed by atoms with E-state index in [2.05, 4.69) is 0 Å². The summed E-state index contributed by atoms with van der Waals surface area (Å²) in [7, 11) is 5.60. The lowest BCUT2D eigenvalue weighted by Gasteiger charge is -2.22. The first kappa shape index (κ1) is 28.4. The molecule has 38 heavy (non-hydrogen) atoms. The molecule has 2 aromatic carbocycles. The lowest BCUT2D eigenvalue weighted by molar-refractivity contribution is -0.144. The number of amides is 1. The summed E-state index contributed by atoms with van der Waals surface area (Å²) in [6.07, 6.45) is 1.94. The quantitative estimate of drug-likeness (QED) is 0.162. The molecule has 0 radical (unpaired) electrons. The number of nitrogens with one attached hydrogen (secondary N) is 1. The number of aromatic nitrogens is 1. The predicted octanol–water partition coefficient (Wildman–Crippen LogP) is 3.20. The summed E-state index contributed by atoms with van der Waals surface area (Å²) in [6, 6.07) is 12.4. The molecule has 0 fully saturated rings. The minimum absolute atomic E-state index is 0.00148. The van der Waals surface area contributed by atoms with Gasteiger partial charge in [-0.15, -0.1) is 0 Å². The third-order valence-corrected chi connectivity index (χ3v) is 6.07. The Morgan fingerprint density at radius 1 is 1.05 bits per heavy atom. The van der Waals surface area contributed by atoms with Crippen LogP contribution in [0.3, 0.4) is 0 Å². The summed E-state index contributed by atoms with van der Waals surface area (Å²) >= 11 is 0. The van der Waals surface area contributed by atoms with Crippen molar-refractivity contribution in [2.24, 2.45) is 12.8 Å². The maximum Gasteiger partial charge on any atom is 0.415 e. The maximum absolute atomic E-state index is 13.2. The average molecular weight is 522 g/mol. The third-order valence-electron chi connectivity index (χ3n) is 6.07. The molecule has 10 nitrogen and oxygen atoms in total. The van der Waals surface area contributed by atoms with Crippen LogP contribution in [0.15, 0.2) is 48.7 Å². The summed E-state index contributed by atoms with van der Waals surface area (Å²) in [6.45, 7) is 2.54. The van der Waals surface area contributed by atoms with Gasteiger partial charge >= 0.3 is 12.1 Å². The van der Waals surface area contributed by atoms with E-state index in [-0.39, 0.29) is 37.1 Å². The molecule has 202 valence electrons. The van der Waals surface area contributed by atoms with Crippen LogP contribution in [-0.2, 0) is 23.0 Å². The number of ether oxygens (including phenoxy) is 2. The number of fused-ring (bicyclic) bond motifs is 1. The molecule has 3 rings (SSSR count). The SMILES string of the molecule is CCOC(=O)CN(CCN(C)C)C(=O)Oc1ccc2c(c1)c(C(=O)CCc1ccc(C(=N)N)cc1)cn2C. The van der Waals surface area contributed by atoms with E-state index in [1.165, 1.54) is 4.90 Å². The van der Waals surface area contributed by atoms with Crippen LogP contribution < -0.4 is 10.5 Å². The molecule has 0 aliphatic carbocycles. The maximum atomic E-state index is 13.2. The summed E-state index contributed by atoms with van der Waals surface area (Å²) in [5.41, 5.74) is 8.48. The van der Waals surface area contributed by atoms with Gasteiger partial charge in [0.2, 0.25) is 0 Å². The van der Waals surface area contributed by atoms with Gasteiger partial charge in [0, 0.05) is 54.8 Å². The van der Waals surface area contributed by atoms with Gasteiger partial charge in [0.05, 0.1) is 6.61 Å². The highest BCUT2D eigenvalue weighted by molar-refractivity contribution is 6.08. The molecule has 0 saturated heterocycles. The summed E-state index contributed by atoms with van der Waals surface area (Å²) in [5.74, 6) is -0.266. The molecule has 0 aliphatic rings. The van der Waals surface area contributed by atoms with Gasteiger partial charge in [0.25, 0.3) is 0 Å². The Morgan fingerprint density at radius 2 is 1.76 bits per heavy atom. The molecular formula is C28H35N5O5. The van der Waals surface area contributed by atoms with Crippen molar-refractivity contribution < 1.29 is 23.9 Å². The van der Waals surface area contributed by atoms with Gasteiger partial charge in [-0.25, -0.2) is 4.79 Å². The van der Waals surface area contributed by atoms with Gasteiger partial charge in [-0.05, 0) is 51.2 Å². The van der Waals surface area contributed by atoms with Gasteiger partial charge in [-0.2, -0.15) is 0 Å². The smallest absolute Gasteiger partial charge is 0.415 e. The zero-order chi connectivity index (χ0) is 27.8. The summed E-state index contributed by atoms with van der Waals surface area (Å²) in [5, 5.41) is 8.18. The van der Waals surface area contributed by atoms with Gasteiger partial charge in [-0.1, -0.05) is 24.3 Å². The lowest BCUT2D eigenvalue weighted by Crippen LogP contribution is -2.42. The third kappa shape index (κ3) is 7.42. The number of nitrogens with two attached hydrogens (primary N) is 1. The zero-order valence-corrected chi connectivity index (χ0v) is 22.3. The number of nitrogen functional groups attached to an aromatic ring is 1. The van der Waals surface area contributed by atoms with Crippen LogP contribution >= 0.6 is 0 Å². The van der Waals surface area contributed by atoms with E-state index in [1.807, 2.05) is 42.7 Å². The fourth-order valence-corrected chi connectivity index (χ4v) is 3.98. The standard InChI is InChI=1S/C28H35N5O5/c1-5-37-26(35)18-33(15-14-31(2)3)28(36)38-21-11-12-24-22(16-21)23(17-32(24)4)25(34)13-8-19-6-9-20(10-7-19)27(29)30/h6-7,9-12,16-17H,5,8,13-15,18H2,1-4H3,(H3,29,30).